The summed E-state index contributed by atoms with van der Waals surface area (Å²) in [6, 6.07) is 1.23. The maximum absolute atomic E-state index is 14.8. The van der Waals surface area contributed by atoms with E-state index in [0.717, 1.165) is 19.2 Å². The number of benzene rings is 1. The molecular weight excluding hydrogens is 521 g/mol. The van der Waals surface area contributed by atoms with Gasteiger partial charge in [-0.05, 0) is 25.0 Å². The van der Waals surface area contributed by atoms with Crippen molar-refractivity contribution in [2.75, 3.05) is 13.7 Å². The van der Waals surface area contributed by atoms with Crippen molar-refractivity contribution in [3.8, 4) is 0 Å². The Balaban J connectivity index is 1.66. The molecule has 0 amide bonds. The molecule has 13 heteroatoms. The molecule has 36 heavy (non-hydrogen) atoms. The van der Waals surface area contributed by atoms with Crippen LogP contribution in [0.1, 0.15) is 35.9 Å². The maximum atomic E-state index is 14.8. The summed E-state index contributed by atoms with van der Waals surface area (Å²) in [5.41, 5.74) is -1.39. The summed E-state index contributed by atoms with van der Waals surface area (Å²) in [6.07, 6.45) is 0.788. The van der Waals surface area contributed by atoms with Gasteiger partial charge >= 0.3 is 11.9 Å². The number of methoxy groups -OCH3 is 1. The van der Waals surface area contributed by atoms with Crippen molar-refractivity contribution in [3.63, 3.8) is 0 Å². The van der Waals surface area contributed by atoms with Crippen molar-refractivity contribution < 1.29 is 32.6 Å². The number of aliphatic imine (C=N–C) groups is 1. The maximum Gasteiger partial charge on any atom is 0.338 e. The van der Waals surface area contributed by atoms with Crippen LogP contribution in [0.3, 0.4) is 0 Å². The van der Waals surface area contributed by atoms with Gasteiger partial charge in [0.25, 0.3) is 5.92 Å². The van der Waals surface area contributed by atoms with Gasteiger partial charge in [0.05, 0.1) is 18.7 Å². The van der Waals surface area contributed by atoms with E-state index in [4.69, 9.17) is 16.3 Å². The second kappa shape index (κ2) is 8.86. The highest BCUT2D eigenvalue weighted by Crippen LogP contribution is 2.54. The molecular formula is C23H20ClF3N4O4S. The summed E-state index contributed by atoms with van der Waals surface area (Å²) < 4.78 is 48.3. The number of carboxylic acids is 1. The monoisotopic (exact) mass is 540 g/mol. The van der Waals surface area contributed by atoms with E-state index in [1.54, 1.807) is 11.6 Å². The van der Waals surface area contributed by atoms with E-state index in [1.165, 1.54) is 22.3 Å². The van der Waals surface area contributed by atoms with Crippen LogP contribution in [-0.2, 0) is 14.3 Å². The summed E-state index contributed by atoms with van der Waals surface area (Å²) in [6.45, 7) is -0.309. The molecule has 190 valence electrons. The van der Waals surface area contributed by atoms with E-state index in [2.05, 4.69) is 15.3 Å². The third kappa shape index (κ3) is 3.87. The second-order valence-electron chi connectivity index (χ2n) is 8.85. The van der Waals surface area contributed by atoms with E-state index in [9.17, 15) is 27.9 Å². The highest BCUT2D eigenvalue weighted by atomic mass is 35.5. The Kier molecular flexibility index (Phi) is 6.08. The summed E-state index contributed by atoms with van der Waals surface area (Å²) in [7, 11) is 1.16. The van der Waals surface area contributed by atoms with Crippen molar-refractivity contribution in [3.05, 3.63) is 62.5 Å². The van der Waals surface area contributed by atoms with Gasteiger partial charge in [-0.3, -0.25) is 14.7 Å². The standard InChI is InChI=1S/C23H20ClF3N4O4S/c1-35-20(32)16-14(9-31-15-4-5-22(31,21(33)34)10-23(15,26)27)29-18(19-28-6-7-36-19)30-17(16)12-3-2-11(25)8-13(12)24/h2-3,6-8,15,17H,4-5,9-10H2,1H3,(H,29,30)(H,33,34)/t15-,17+,22+/m1/s1. The first-order valence-corrected chi connectivity index (χ1v) is 12.2. The van der Waals surface area contributed by atoms with E-state index in [-0.39, 0.29) is 47.1 Å². The number of alkyl halides is 2. The number of ether oxygens (including phenoxy) is 1. The van der Waals surface area contributed by atoms with Gasteiger partial charge in [0.15, 0.2) is 10.8 Å². The number of carbonyl (C=O) groups is 2. The summed E-state index contributed by atoms with van der Waals surface area (Å²) >= 11 is 7.57. The van der Waals surface area contributed by atoms with Crippen molar-refractivity contribution in [1.82, 2.24) is 15.2 Å². The minimum absolute atomic E-state index is 0.000302. The first-order chi connectivity index (χ1) is 17.1. The molecule has 1 aromatic carbocycles. The molecule has 0 spiro atoms. The zero-order valence-corrected chi connectivity index (χ0v) is 20.4. The Hall–Kier alpha value is -2.96. The average Bonchev–Trinajstić information content (AvgIpc) is 3.52. The van der Waals surface area contributed by atoms with Crippen LogP contribution in [0.5, 0.6) is 0 Å². The smallest absolute Gasteiger partial charge is 0.338 e. The van der Waals surface area contributed by atoms with Crippen molar-refractivity contribution in [2.24, 2.45) is 4.99 Å². The molecule has 1 aromatic heterocycles. The van der Waals surface area contributed by atoms with Gasteiger partial charge in [-0.2, -0.15) is 0 Å². The van der Waals surface area contributed by atoms with Crippen LogP contribution in [-0.4, -0.2) is 63.9 Å². The Morgan fingerprint density at radius 3 is 2.78 bits per heavy atom. The van der Waals surface area contributed by atoms with Crippen LogP contribution < -0.4 is 5.32 Å². The quantitative estimate of drug-likeness (QED) is 0.537. The SMILES string of the molecule is COC(=O)C1=C(CN2[C@@H]3CC[C@@]2(C(=O)O)CC3(F)F)NC(c2nccs2)=N[C@H]1c1ccc(F)cc1Cl. The van der Waals surface area contributed by atoms with Crippen LogP contribution >= 0.6 is 22.9 Å². The fourth-order valence-electron chi connectivity index (χ4n) is 5.32. The van der Waals surface area contributed by atoms with Gasteiger partial charge in [0.2, 0.25) is 0 Å². The Morgan fingerprint density at radius 1 is 1.39 bits per heavy atom. The number of halogens is 4. The Morgan fingerprint density at radius 2 is 2.17 bits per heavy atom. The number of aromatic nitrogens is 1. The van der Waals surface area contributed by atoms with Crippen LogP contribution in [0, 0.1) is 5.82 Å². The number of thiazole rings is 1. The van der Waals surface area contributed by atoms with Gasteiger partial charge in [-0.1, -0.05) is 17.7 Å². The van der Waals surface area contributed by atoms with Gasteiger partial charge in [0.1, 0.15) is 17.4 Å². The number of amidine groups is 1. The van der Waals surface area contributed by atoms with E-state index in [0.29, 0.717) is 5.01 Å². The number of nitrogens with zero attached hydrogens (tertiary/aromatic N) is 3. The average molecular weight is 541 g/mol. The number of carbonyl (C=O) groups excluding carboxylic acids is 1. The fraction of sp³-hybridized carbons (Fsp3) is 0.391. The summed E-state index contributed by atoms with van der Waals surface area (Å²) in [5, 5.41) is 15.1. The normalized spacial score (nSPS) is 27.1. The lowest BCUT2D eigenvalue weighted by Gasteiger charge is -2.34. The van der Waals surface area contributed by atoms with Crippen molar-refractivity contribution >= 4 is 40.7 Å². The molecule has 3 aliphatic rings. The minimum Gasteiger partial charge on any atom is -0.480 e. The van der Waals surface area contributed by atoms with Gasteiger partial charge in [0, 0.05) is 40.8 Å². The molecule has 3 aliphatic heterocycles. The number of nitrogens with one attached hydrogen (secondary N) is 1. The number of esters is 1. The molecule has 0 saturated carbocycles. The van der Waals surface area contributed by atoms with Gasteiger partial charge < -0.3 is 15.2 Å². The first-order valence-electron chi connectivity index (χ1n) is 11.0. The van der Waals surface area contributed by atoms with Crippen molar-refractivity contribution in [2.45, 2.75) is 42.8 Å². The Bertz CT molecular complexity index is 1300. The zero-order chi connectivity index (χ0) is 25.8. The molecule has 2 saturated heterocycles. The van der Waals surface area contributed by atoms with Gasteiger partial charge in [-0.15, -0.1) is 11.3 Å². The minimum atomic E-state index is -3.21. The third-order valence-corrected chi connectivity index (χ3v) is 8.03. The topological polar surface area (TPSA) is 104 Å². The third-order valence-electron chi connectivity index (χ3n) is 6.92. The lowest BCUT2D eigenvalue weighted by atomic mass is 9.85. The van der Waals surface area contributed by atoms with Crippen LogP contribution in [0.4, 0.5) is 13.2 Å². The Labute approximate surface area is 212 Å². The molecule has 2 fully saturated rings. The number of carboxylic acid groups (broad SMARTS) is 1. The second-order valence-corrected chi connectivity index (χ2v) is 10.2. The summed E-state index contributed by atoms with van der Waals surface area (Å²) in [5.74, 6) is -5.72. The van der Waals surface area contributed by atoms with Crippen LogP contribution in [0.15, 0.2) is 46.0 Å². The molecule has 2 N–H and O–H groups in total. The number of rotatable bonds is 6. The predicted octanol–water partition coefficient (Wildman–Crippen LogP) is 3.78. The lowest BCUT2D eigenvalue weighted by Crippen LogP contribution is -2.50. The fourth-order valence-corrected chi connectivity index (χ4v) is 6.17. The molecule has 0 aliphatic carbocycles. The van der Waals surface area contributed by atoms with E-state index >= 15 is 0 Å². The molecule has 2 bridgehead atoms. The predicted molar refractivity (Wildman–Crippen MR) is 125 cm³/mol. The lowest BCUT2D eigenvalue weighted by molar-refractivity contribution is -0.149. The van der Waals surface area contributed by atoms with Gasteiger partial charge in [-0.25, -0.2) is 22.9 Å². The number of hydrogen-bond donors (Lipinski definition) is 2. The number of aliphatic carboxylic acids is 1. The molecule has 4 heterocycles. The first kappa shape index (κ1) is 24.7. The van der Waals surface area contributed by atoms with Crippen LogP contribution in [0.25, 0.3) is 0 Å². The zero-order valence-electron chi connectivity index (χ0n) is 18.8. The van der Waals surface area contributed by atoms with E-state index in [1.807, 2.05) is 0 Å². The number of hydrogen-bond acceptors (Lipinski definition) is 8. The summed E-state index contributed by atoms with van der Waals surface area (Å²) in [4.78, 5) is 35.3. The molecule has 5 rings (SSSR count). The molecule has 8 nitrogen and oxygen atoms in total. The largest absolute Gasteiger partial charge is 0.480 e. The molecule has 2 aromatic rings. The van der Waals surface area contributed by atoms with E-state index < -0.39 is 47.7 Å². The number of fused-ring (bicyclic) bond motifs is 2. The molecule has 3 atom stereocenters. The van der Waals surface area contributed by atoms with Crippen molar-refractivity contribution in [1.29, 1.82) is 0 Å². The molecule has 0 radical (unpaired) electrons. The van der Waals surface area contributed by atoms with Crippen LogP contribution in [0.2, 0.25) is 5.02 Å². The molecule has 0 unspecified atom stereocenters. The highest BCUT2D eigenvalue weighted by Gasteiger charge is 2.69. The highest BCUT2D eigenvalue weighted by molar-refractivity contribution is 7.11.